The summed E-state index contributed by atoms with van der Waals surface area (Å²) in [7, 11) is 2.12. The fourth-order valence-electron chi connectivity index (χ4n) is 2.25. The van der Waals surface area contributed by atoms with Gasteiger partial charge in [0, 0.05) is 30.7 Å². The van der Waals surface area contributed by atoms with Crippen molar-refractivity contribution in [1.29, 1.82) is 0 Å². The van der Waals surface area contributed by atoms with E-state index in [-0.39, 0.29) is 0 Å². The molecule has 0 saturated carbocycles. The van der Waals surface area contributed by atoms with Gasteiger partial charge in [0.25, 0.3) is 0 Å². The summed E-state index contributed by atoms with van der Waals surface area (Å²) in [6.07, 6.45) is 0. The van der Waals surface area contributed by atoms with Crippen LogP contribution < -0.4 is 5.32 Å². The zero-order chi connectivity index (χ0) is 13.3. The summed E-state index contributed by atoms with van der Waals surface area (Å²) >= 11 is 0. The molecule has 2 aromatic rings. The summed E-state index contributed by atoms with van der Waals surface area (Å²) in [4.78, 5) is 0. The Kier molecular flexibility index (Phi) is 3.46. The Labute approximate surface area is 110 Å². The van der Waals surface area contributed by atoms with E-state index in [1.54, 1.807) is 0 Å². The fraction of sp³-hybridized carbons (Fsp3) is 0.375. The second kappa shape index (κ2) is 4.89. The third kappa shape index (κ3) is 2.28. The molecule has 0 unspecified atom stereocenters. The lowest BCUT2D eigenvalue weighted by Gasteiger charge is -2.11. The van der Waals surface area contributed by atoms with E-state index in [0.717, 1.165) is 6.54 Å². The van der Waals surface area contributed by atoms with Crippen molar-refractivity contribution in [2.45, 2.75) is 34.2 Å². The van der Waals surface area contributed by atoms with Crippen molar-refractivity contribution in [1.82, 2.24) is 4.57 Å². The van der Waals surface area contributed by atoms with Gasteiger partial charge >= 0.3 is 0 Å². The van der Waals surface area contributed by atoms with Gasteiger partial charge in [-0.1, -0.05) is 12.1 Å². The second-order valence-corrected chi connectivity index (χ2v) is 5.06. The van der Waals surface area contributed by atoms with Gasteiger partial charge in [-0.2, -0.15) is 0 Å². The van der Waals surface area contributed by atoms with Crippen LogP contribution in [0.15, 0.2) is 24.3 Å². The SMILES string of the molecule is Cc1cccc(NCc2cc(C)n(C)c2C)c1C. The molecule has 0 aliphatic heterocycles. The van der Waals surface area contributed by atoms with E-state index >= 15 is 0 Å². The Hall–Kier alpha value is -1.70. The summed E-state index contributed by atoms with van der Waals surface area (Å²) in [5.41, 5.74) is 7.92. The molecule has 0 saturated heterocycles. The molecule has 0 aliphatic rings. The van der Waals surface area contributed by atoms with Crippen LogP contribution >= 0.6 is 0 Å². The highest BCUT2D eigenvalue weighted by Gasteiger charge is 2.06. The van der Waals surface area contributed by atoms with Gasteiger partial charge in [0.15, 0.2) is 0 Å². The quantitative estimate of drug-likeness (QED) is 0.864. The van der Waals surface area contributed by atoms with Gasteiger partial charge in [0.2, 0.25) is 0 Å². The number of nitrogens with zero attached hydrogens (tertiary/aromatic N) is 1. The van der Waals surface area contributed by atoms with E-state index in [1.165, 1.54) is 33.8 Å². The third-order valence-electron chi connectivity index (χ3n) is 3.95. The summed E-state index contributed by atoms with van der Waals surface area (Å²) in [5, 5.41) is 3.54. The molecule has 0 bridgehead atoms. The van der Waals surface area contributed by atoms with Crippen LogP contribution in [0.5, 0.6) is 0 Å². The lowest BCUT2D eigenvalue weighted by molar-refractivity contribution is 0.837. The van der Waals surface area contributed by atoms with Gasteiger partial charge < -0.3 is 9.88 Å². The molecule has 2 rings (SSSR count). The predicted octanol–water partition coefficient (Wildman–Crippen LogP) is 3.87. The molecule has 2 nitrogen and oxygen atoms in total. The largest absolute Gasteiger partial charge is 0.381 e. The number of benzene rings is 1. The molecule has 1 aromatic heterocycles. The molecule has 2 heteroatoms. The molecule has 0 fully saturated rings. The average molecular weight is 242 g/mol. The Morgan fingerprint density at radius 2 is 1.83 bits per heavy atom. The highest BCUT2D eigenvalue weighted by molar-refractivity contribution is 5.54. The topological polar surface area (TPSA) is 17.0 Å². The molecule has 1 N–H and O–H groups in total. The minimum absolute atomic E-state index is 0.887. The molecule has 0 atom stereocenters. The zero-order valence-corrected chi connectivity index (χ0v) is 12.0. The van der Waals surface area contributed by atoms with Crippen molar-refractivity contribution in [3.8, 4) is 0 Å². The Balaban J connectivity index is 2.16. The van der Waals surface area contributed by atoms with Crippen LogP contribution in [-0.4, -0.2) is 4.57 Å². The molecule has 18 heavy (non-hydrogen) atoms. The first-order valence-electron chi connectivity index (χ1n) is 6.42. The first-order valence-corrected chi connectivity index (χ1v) is 6.42. The van der Waals surface area contributed by atoms with E-state index in [2.05, 4.69) is 68.9 Å². The van der Waals surface area contributed by atoms with Crippen LogP contribution in [0.1, 0.15) is 28.1 Å². The highest BCUT2D eigenvalue weighted by Crippen LogP contribution is 2.20. The molecule has 0 radical (unpaired) electrons. The first kappa shape index (κ1) is 12.7. The summed E-state index contributed by atoms with van der Waals surface area (Å²) < 4.78 is 2.24. The summed E-state index contributed by atoms with van der Waals surface area (Å²) in [6.45, 7) is 9.53. The van der Waals surface area contributed by atoms with Crippen LogP contribution in [0.2, 0.25) is 0 Å². The van der Waals surface area contributed by atoms with Crippen molar-refractivity contribution in [3.05, 3.63) is 52.3 Å². The van der Waals surface area contributed by atoms with Gasteiger partial charge in [0.1, 0.15) is 0 Å². The van der Waals surface area contributed by atoms with Crippen LogP contribution in [0.4, 0.5) is 5.69 Å². The molecule has 0 amide bonds. The smallest absolute Gasteiger partial charge is 0.0418 e. The minimum atomic E-state index is 0.887. The second-order valence-electron chi connectivity index (χ2n) is 5.06. The number of aryl methyl sites for hydroxylation is 2. The lowest BCUT2D eigenvalue weighted by Crippen LogP contribution is -2.03. The number of anilines is 1. The number of rotatable bonds is 3. The molecule has 1 aromatic carbocycles. The number of hydrogen-bond acceptors (Lipinski definition) is 1. The summed E-state index contributed by atoms with van der Waals surface area (Å²) in [5.74, 6) is 0. The van der Waals surface area contributed by atoms with E-state index in [1.807, 2.05) is 0 Å². The predicted molar refractivity (Wildman–Crippen MR) is 78.1 cm³/mol. The Morgan fingerprint density at radius 3 is 2.44 bits per heavy atom. The van der Waals surface area contributed by atoms with Gasteiger partial charge in [-0.05, 0) is 56.5 Å². The van der Waals surface area contributed by atoms with Crippen molar-refractivity contribution < 1.29 is 0 Å². The van der Waals surface area contributed by atoms with Crippen LogP contribution in [0.3, 0.4) is 0 Å². The molecule has 1 heterocycles. The van der Waals surface area contributed by atoms with Crippen molar-refractivity contribution in [2.75, 3.05) is 5.32 Å². The maximum Gasteiger partial charge on any atom is 0.0418 e. The normalized spacial score (nSPS) is 10.7. The van der Waals surface area contributed by atoms with Crippen LogP contribution in [-0.2, 0) is 13.6 Å². The van der Waals surface area contributed by atoms with Gasteiger partial charge in [0.05, 0.1) is 0 Å². The Morgan fingerprint density at radius 1 is 1.11 bits per heavy atom. The molecular formula is C16H22N2. The fourth-order valence-corrected chi connectivity index (χ4v) is 2.25. The van der Waals surface area contributed by atoms with Crippen LogP contribution in [0.25, 0.3) is 0 Å². The van der Waals surface area contributed by atoms with Gasteiger partial charge in [-0.15, -0.1) is 0 Å². The van der Waals surface area contributed by atoms with Crippen molar-refractivity contribution >= 4 is 5.69 Å². The minimum Gasteiger partial charge on any atom is -0.381 e. The molecule has 0 aliphatic carbocycles. The molecular weight excluding hydrogens is 220 g/mol. The number of hydrogen-bond donors (Lipinski definition) is 1. The number of aromatic nitrogens is 1. The maximum atomic E-state index is 3.54. The lowest BCUT2D eigenvalue weighted by atomic mass is 10.1. The Bertz CT molecular complexity index is 565. The highest BCUT2D eigenvalue weighted by atomic mass is 15.0. The molecule has 0 spiro atoms. The van der Waals surface area contributed by atoms with Gasteiger partial charge in [-0.3, -0.25) is 0 Å². The third-order valence-corrected chi connectivity index (χ3v) is 3.95. The average Bonchev–Trinajstić information content (AvgIpc) is 2.59. The van der Waals surface area contributed by atoms with E-state index < -0.39 is 0 Å². The van der Waals surface area contributed by atoms with Crippen molar-refractivity contribution in [3.63, 3.8) is 0 Å². The molecule has 96 valence electrons. The summed E-state index contributed by atoms with van der Waals surface area (Å²) in [6, 6.07) is 8.66. The van der Waals surface area contributed by atoms with E-state index in [9.17, 15) is 0 Å². The maximum absolute atomic E-state index is 3.54. The monoisotopic (exact) mass is 242 g/mol. The van der Waals surface area contributed by atoms with Crippen LogP contribution in [0, 0.1) is 27.7 Å². The van der Waals surface area contributed by atoms with E-state index in [4.69, 9.17) is 0 Å². The number of nitrogens with one attached hydrogen (secondary N) is 1. The standard InChI is InChI=1S/C16H22N2/c1-11-7-6-8-16(13(11)3)17-10-15-9-12(2)18(5)14(15)4/h6-9,17H,10H2,1-5H3. The van der Waals surface area contributed by atoms with Crippen molar-refractivity contribution in [2.24, 2.45) is 7.05 Å². The van der Waals surface area contributed by atoms with E-state index in [0.29, 0.717) is 0 Å². The first-order chi connectivity index (χ1) is 8.50. The van der Waals surface area contributed by atoms with Gasteiger partial charge in [-0.25, -0.2) is 0 Å². The zero-order valence-electron chi connectivity index (χ0n) is 12.0.